The van der Waals surface area contributed by atoms with Crippen LogP contribution in [0.15, 0.2) is 164 Å². The second kappa shape index (κ2) is 11.1. The van der Waals surface area contributed by atoms with Crippen LogP contribution in [0, 0.1) is 0 Å². The molecule has 0 saturated heterocycles. The van der Waals surface area contributed by atoms with Gasteiger partial charge in [-0.2, -0.15) is 0 Å². The standard InChI is InChI=1S/C40H28N4O/c45-38-21-10-9-20-37(38)44-36-19-8-7-18-33(36)34-22-23-35(42-40(34)44)30-14-11-17-32(26-30)43(31-15-5-2-6-16-31)39-27-29(24-25-41-39)28-12-3-1-4-13-28/h1-27,45H. The summed E-state index contributed by atoms with van der Waals surface area (Å²) >= 11 is 0. The van der Waals surface area contributed by atoms with Gasteiger partial charge in [0.05, 0.1) is 16.9 Å². The van der Waals surface area contributed by atoms with E-state index in [-0.39, 0.29) is 5.75 Å². The number of rotatable bonds is 6. The smallest absolute Gasteiger partial charge is 0.146 e. The van der Waals surface area contributed by atoms with Gasteiger partial charge in [-0.1, -0.05) is 91.0 Å². The molecule has 0 aliphatic rings. The molecule has 0 fully saturated rings. The molecule has 1 N–H and O–H groups in total. The lowest BCUT2D eigenvalue weighted by Crippen LogP contribution is -2.11. The molecule has 3 aromatic heterocycles. The summed E-state index contributed by atoms with van der Waals surface area (Å²) in [5, 5.41) is 12.9. The predicted molar refractivity (Wildman–Crippen MR) is 184 cm³/mol. The summed E-state index contributed by atoms with van der Waals surface area (Å²) in [6.45, 7) is 0. The van der Waals surface area contributed by atoms with Gasteiger partial charge in [-0.05, 0) is 77.9 Å². The third-order valence-electron chi connectivity index (χ3n) is 8.14. The first kappa shape index (κ1) is 26.4. The van der Waals surface area contributed by atoms with Gasteiger partial charge in [-0.3, -0.25) is 9.47 Å². The van der Waals surface area contributed by atoms with E-state index >= 15 is 0 Å². The number of phenolic OH excluding ortho intramolecular Hbond substituents is 1. The van der Waals surface area contributed by atoms with E-state index in [0.717, 1.165) is 61.5 Å². The van der Waals surface area contributed by atoms with Crippen molar-refractivity contribution in [3.8, 4) is 33.8 Å². The van der Waals surface area contributed by atoms with Gasteiger partial charge in [0.15, 0.2) is 0 Å². The fourth-order valence-electron chi connectivity index (χ4n) is 6.04. The van der Waals surface area contributed by atoms with Crippen LogP contribution in [0.25, 0.3) is 50.0 Å². The molecule has 0 unspecified atom stereocenters. The molecule has 0 aliphatic heterocycles. The molecule has 5 aromatic carbocycles. The highest BCUT2D eigenvalue weighted by Crippen LogP contribution is 2.38. The lowest BCUT2D eigenvalue weighted by molar-refractivity contribution is 0.473. The predicted octanol–water partition coefficient (Wildman–Crippen LogP) is 10.1. The highest BCUT2D eigenvalue weighted by Gasteiger charge is 2.18. The lowest BCUT2D eigenvalue weighted by Gasteiger charge is -2.25. The fourth-order valence-corrected chi connectivity index (χ4v) is 6.04. The molecule has 214 valence electrons. The Bertz CT molecular complexity index is 2290. The number of anilines is 3. The summed E-state index contributed by atoms with van der Waals surface area (Å²) in [5.41, 5.74) is 8.51. The molecule has 0 atom stereocenters. The maximum atomic E-state index is 10.8. The van der Waals surface area contributed by atoms with Crippen molar-refractivity contribution in [1.29, 1.82) is 0 Å². The Morgan fingerprint density at radius 2 is 1.24 bits per heavy atom. The van der Waals surface area contributed by atoms with Gasteiger partial charge in [0.2, 0.25) is 0 Å². The fraction of sp³-hybridized carbons (Fsp3) is 0. The van der Waals surface area contributed by atoms with Crippen LogP contribution in [0.5, 0.6) is 5.75 Å². The molecular formula is C40H28N4O. The Morgan fingerprint density at radius 1 is 0.533 bits per heavy atom. The molecule has 5 heteroatoms. The minimum absolute atomic E-state index is 0.207. The van der Waals surface area contributed by atoms with Gasteiger partial charge in [-0.25, -0.2) is 9.97 Å². The number of fused-ring (bicyclic) bond motifs is 3. The van der Waals surface area contributed by atoms with Gasteiger partial charge in [0, 0.05) is 33.9 Å². The van der Waals surface area contributed by atoms with Gasteiger partial charge in [0.1, 0.15) is 17.2 Å². The van der Waals surface area contributed by atoms with Crippen molar-refractivity contribution >= 4 is 39.1 Å². The summed E-state index contributed by atoms with van der Waals surface area (Å²) in [6.07, 6.45) is 1.87. The number of hydrogen-bond acceptors (Lipinski definition) is 4. The second-order valence-corrected chi connectivity index (χ2v) is 10.9. The second-order valence-electron chi connectivity index (χ2n) is 10.9. The van der Waals surface area contributed by atoms with Gasteiger partial charge in [0.25, 0.3) is 0 Å². The van der Waals surface area contributed by atoms with Crippen LogP contribution in [0.3, 0.4) is 0 Å². The molecule has 45 heavy (non-hydrogen) atoms. The van der Waals surface area contributed by atoms with Gasteiger partial charge in [-0.15, -0.1) is 0 Å². The number of nitrogens with zero attached hydrogens (tertiary/aromatic N) is 4. The van der Waals surface area contributed by atoms with Crippen molar-refractivity contribution in [2.45, 2.75) is 0 Å². The zero-order chi connectivity index (χ0) is 30.2. The molecular weight excluding hydrogens is 552 g/mol. The first-order valence-electron chi connectivity index (χ1n) is 14.9. The Morgan fingerprint density at radius 3 is 2.09 bits per heavy atom. The number of phenols is 1. The van der Waals surface area contributed by atoms with Crippen LogP contribution in [-0.4, -0.2) is 19.6 Å². The summed E-state index contributed by atoms with van der Waals surface area (Å²) in [6, 6.07) is 53.1. The molecule has 0 bridgehead atoms. The summed E-state index contributed by atoms with van der Waals surface area (Å²) in [5.74, 6) is 1.03. The number of benzene rings is 5. The van der Waals surface area contributed by atoms with Crippen molar-refractivity contribution in [2.24, 2.45) is 0 Å². The normalized spacial score (nSPS) is 11.2. The maximum absolute atomic E-state index is 10.8. The SMILES string of the molecule is Oc1ccccc1-n1c2ccccc2c2ccc(-c3cccc(N(c4ccccc4)c4cc(-c5ccccc5)ccn4)c3)nc21. The zero-order valence-electron chi connectivity index (χ0n) is 24.3. The van der Waals surface area contributed by atoms with E-state index in [1.165, 1.54) is 0 Å². The van der Waals surface area contributed by atoms with Crippen molar-refractivity contribution < 1.29 is 5.11 Å². The minimum atomic E-state index is 0.207. The van der Waals surface area contributed by atoms with E-state index in [1.807, 2.05) is 71.4 Å². The quantitative estimate of drug-likeness (QED) is 0.213. The van der Waals surface area contributed by atoms with Crippen LogP contribution in [-0.2, 0) is 0 Å². The number of aromatic hydroxyl groups is 1. The van der Waals surface area contributed by atoms with E-state index in [2.05, 4.69) is 95.9 Å². The molecule has 8 rings (SSSR count). The summed E-state index contributed by atoms with van der Waals surface area (Å²) in [7, 11) is 0. The van der Waals surface area contributed by atoms with E-state index < -0.39 is 0 Å². The molecule has 0 saturated carbocycles. The molecule has 0 aliphatic carbocycles. The Hall–Kier alpha value is -6.20. The van der Waals surface area contributed by atoms with Crippen LogP contribution < -0.4 is 4.90 Å². The summed E-state index contributed by atoms with van der Waals surface area (Å²) in [4.78, 5) is 12.2. The Labute approximate surface area is 260 Å². The topological polar surface area (TPSA) is 54.2 Å². The average Bonchev–Trinajstić information content (AvgIpc) is 3.43. The van der Waals surface area contributed by atoms with Crippen LogP contribution >= 0.6 is 0 Å². The van der Waals surface area contributed by atoms with Crippen molar-refractivity contribution in [1.82, 2.24) is 14.5 Å². The number of hydrogen-bond donors (Lipinski definition) is 1. The highest BCUT2D eigenvalue weighted by atomic mass is 16.3. The van der Waals surface area contributed by atoms with Crippen molar-refractivity contribution in [3.63, 3.8) is 0 Å². The molecule has 0 spiro atoms. The Balaban J connectivity index is 1.28. The zero-order valence-corrected chi connectivity index (χ0v) is 24.3. The Kier molecular flexibility index (Phi) is 6.54. The molecule has 3 heterocycles. The summed E-state index contributed by atoms with van der Waals surface area (Å²) < 4.78 is 2.04. The van der Waals surface area contributed by atoms with E-state index in [4.69, 9.17) is 9.97 Å². The van der Waals surface area contributed by atoms with Crippen LogP contribution in [0.2, 0.25) is 0 Å². The molecule has 0 radical (unpaired) electrons. The number of aromatic nitrogens is 3. The molecule has 5 nitrogen and oxygen atoms in total. The third kappa shape index (κ3) is 4.77. The van der Waals surface area contributed by atoms with E-state index in [9.17, 15) is 5.11 Å². The first-order valence-corrected chi connectivity index (χ1v) is 14.9. The van der Waals surface area contributed by atoms with E-state index in [1.54, 1.807) is 6.07 Å². The largest absolute Gasteiger partial charge is 0.506 e. The van der Waals surface area contributed by atoms with Crippen LogP contribution in [0.4, 0.5) is 17.2 Å². The van der Waals surface area contributed by atoms with Crippen molar-refractivity contribution in [2.75, 3.05) is 4.90 Å². The number of para-hydroxylation sites is 4. The first-order chi connectivity index (χ1) is 22.2. The maximum Gasteiger partial charge on any atom is 0.146 e. The minimum Gasteiger partial charge on any atom is -0.506 e. The van der Waals surface area contributed by atoms with Crippen molar-refractivity contribution in [3.05, 3.63) is 164 Å². The van der Waals surface area contributed by atoms with E-state index in [0.29, 0.717) is 5.69 Å². The third-order valence-corrected chi connectivity index (χ3v) is 8.14. The number of pyridine rings is 2. The van der Waals surface area contributed by atoms with Gasteiger partial charge < -0.3 is 5.11 Å². The van der Waals surface area contributed by atoms with Crippen LogP contribution in [0.1, 0.15) is 0 Å². The van der Waals surface area contributed by atoms with Gasteiger partial charge >= 0.3 is 0 Å². The molecule has 0 amide bonds. The highest BCUT2D eigenvalue weighted by molar-refractivity contribution is 6.08. The molecule has 8 aromatic rings. The monoisotopic (exact) mass is 580 g/mol. The lowest BCUT2D eigenvalue weighted by atomic mass is 10.1. The average molecular weight is 581 g/mol.